The molecule has 0 spiro atoms. The molecule has 2 heterocycles. The number of benzene rings is 1. The van der Waals surface area contributed by atoms with E-state index in [-0.39, 0.29) is 5.56 Å². The lowest BCUT2D eigenvalue weighted by Crippen LogP contribution is -1.98. The Kier molecular flexibility index (Phi) is 3.31. The van der Waals surface area contributed by atoms with Gasteiger partial charge in [0, 0.05) is 28.6 Å². The number of hydrogen-bond donors (Lipinski definition) is 2. The summed E-state index contributed by atoms with van der Waals surface area (Å²) in [6.45, 7) is 3.96. The highest BCUT2D eigenvalue weighted by Crippen LogP contribution is 2.29. The van der Waals surface area contributed by atoms with E-state index in [0.717, 1.165) is 16.2 Å². The Morgan fingerprint density at radius 2 is 2.05 bits per heavy atom. The highest BCUT2D eigenvalue weighted by Gasteiger charge is 2.12. The Hall–Kier alpha value is -3.21. The molecule has 5 heteroatoms. The van der Waals surface area contributed by atoms with Gasteiger partial charge in [-0.3, -0.25) is 4.98 Å². The molecule has 1 aromatic carbocycles. The minimum atomic E-state index is -0.989. The van der Waals surface area contributed by atoms with Crippen LogP contribution in [0.25, 0.3) is 27.2 Å². The minimum Gasteiger partial charge on any atom is -0.478 e. The van der Waals surface area contributed by atoms with Gasteiger partial charge in [-0.05, 0) is 36.0 Å². The molecule has 0 unspecified atom stereocenters. The molecule has 3 rings (SSSR count). The van der Waals surface area contributed by atoms with Gasteiger partial charge in [-0.15, -0.1) is 0 Å². The van der Waals surface area contributed by atoms with E-state index in [1.54, 1.807) is 36.7 Å². The van der Waals surface area contributed by atoms with E-state index < -0.39 is 5.97 Å². The Labute approximate surface area is 126 Å². The summed E-state index contributed by atoms with van der Waals surface area (Å²) in [5.41, 5.74) is 7.52. The fourth-order valence-electron chi connectivity index (χ4n) is 2.42. The van der Waals surface area contributed by atoms with Crippen LogP contribution in [0.4, 0.5) is 0 Å². The van der Waals surface area contributed by atoms with Gasteiger partial charge < -0.3 is 10.8 Å². The van der Waals surface area contributed by atoms with Crippen LogP contribution in [0.3, 0.4) is 0 Å². The summed E-state index contributed by atoms with van der Waals surface area (Å²) in [5, 5.41) is 11.8. The number of pyridine rings is 2. The van der Waals surface area contributed by atoms with E-state index in [9.17, 15) is 4.79 Å². The van der Waals surface area contributed by atoms with Gasteiger partial charge in [-0.25, -0.2) is 9.78 Å². The number of carboxylic acids is 1. The molecule has 0 aliphatic rings. The van der Waals surface area contributed by atoms with E-state index in [4.69, 9.17) is 10.8 Å². The van der Waals surface area contributed by atoms with Crippen molar-refractivity contribution in [3.63, 3.8) is 0 Å². The number of hydrogen-bond acceptors (Lipinski definition) is 4. The van der Waals surface area contributed by atoms with Crippen molar-refractivity contribution in [1.29, 1.82) is 0 Å². The van der Waals surface area contributed by atoms with Crippen molar-refractivity contribution in [2.75, 3.05) is 0 Å². The molecule has 0 bridgehead atoms. The van der Waals surface area contributed by atoms with E-state index >= 15 is 0 Å². The standard InChI is InChI=1S/C17H13N3O2/c1-10(4-6-18)16-13-5-7-19-9-14(13)12-3-2-11(17(21)22)8-15(12)20-16/h2-9H,1,18H2,(H,21,22)/b6-4-. The summed E-state index contributed by atoms with van der Waals surface area (Å²) in [6.07, 6.45) is 6.48. The molecule has 0 saturated heterocycles. The first kappa shape index (κ1) is 13.8. The van der Waals surface area contributed by atoms with Crippen molar-refractivity contribution in [3.8, 4) is 0 Å². The van der Waals surface area contributed by atoms with Gasteiger partial charge in [0.05, 0.1) is 16.8 Å². The molecule has 0 aliphatic carbocycles. The largest absolute Gasteiger partial charge is 0.478 e. The maximum absolute atomic E-state index is 11.1. The highest BCUT2D eigenvalue weighted by atomic mass is 16.4. The molecule has 3 N–H and O–H groups in total. The zero-order chi connectivity index (χ0) is 15.7. The van der Waals surface area contributed by atoms with Crippen molar-refractivity contribution in [1.82, 2.24) is 9.97 Å². The summed E-state index contributed by atoms with van der Waals surface area (Å²) >= 11 is 0. The average molecular weight is 291 g/mol. The summed E-state index contributed by atoms with van der Waals surface area (Å²) in [6, 6.07) is 6.72. The van der Waals surface area contributed by atoms with Gasteiger partial charge >= 0.3 is 5.97 Å². The Balaban J connectivity index is 2.42. The zero-order valence-electron chi connectivity index (χ0n) is 11.7. The third-order valence-corrected chi connectivity index (χ3v) is 3.44. The number of rotatable bonds is 3. The fourth-order valence-corrected chi connectivity index (χ4v) is 2.42. The predicted molar refractivity (Wildman–Crippen MR) is 86.4 cm³/mol. The van der Waals surface area contributed by atoms with E-state index in [1.165, 1.54) is 6.20 Å². The molecule has 22 heavy (non-hydrogen) atoms. The first-order valence-electron chi connectivity index (χ1n) is 6.60. The number of fused-ring (bicyclic) bond motifs is 3. The van der Waals surface area contributed by atoms with E-state index in [1.807, 2.05) is 6.07 Å². The fraction of sp³-hybridized carbons (Fsp3) is 0. The maximum atomic E-state index is 11.1. The zero-order valence-corrected chi connectivity index (χ0v) is 11.7. The number of aromatic carboxylic acids is 1. The first-order valence-corrected chi connectivity index (χ1v) is 6.60. The number of nitrogens with zero attached hydrogens (tertiary/aromatic N) is 2. The van der Waals surface area contributed by atoms with Crippen molar-refractivity contribution in [2.45, 2.75) is 0 Å². The molecule has 0 atom stereocenters. The number of allylic oxidation sites excluding steroid dienone is 2. The lowest BCUT2D eigenvalue weighted by atomic mass is 10.0. The smallest absolute Gasteiger partial charge is 0.335 e. The van der Waals surface area contributed by atoms with E-state index in [0.29, 0.717) is 16.8 Å². The van der Waals surface area contributed by atoms with Gasteiger partial charge in [0.25, 0.3) is 0 Å². The quantitative estimate of drug-likeness (QED) is 0.572. The molecule has 3 aromatic rings. The van der Waals surface area contributed by atoms with Crippen LogP contribution in [0, 0.1) is 0 Å². The molecule has 0 fully saturated rings. The number of carboxylic acid groups (broad SMARTS) is 1. The molecule has 0 amide bonds. The normalized spacial score (nSPS) is 11.3. The van der Waals surface area contributed by atoms with Gasteiger partial charge in [0.1, 0.15) is 0 Å². The number of aromatic nitrogens is 2. The third kappa shape index (κ3) is 2.18. The molecular formula is C17H13N3O2. The van der Waals surface area contributed by atoms with Gasteiger partial charge in [0.2, 0.25) is 0 Å². The highest BCUT2D eigenvalue weighted by molar-refractivity contribution is 6.10. The molecule has 5 nitrogen and oxygen atoms in total. The molecule has 0 saturated carbocycles. The van der Waals surface area contributed by atoms with Crippen LogP contribution in [0.2, 0.25) is 0 Å². The van der Waals surface area contributed by atoms with Crippen LogP contribution in [-0.2, 0) is 0 Å². The van der Waals surface area contributed by atoms with Crippen molar-refractivity contribution < 1.29 is 9.90 Å². The SMILES string of the molecule is C=C(/C=C\N)c1nc2cc(C(=O)O)ccc2c2cnccc12. The summed E-state index contributed by atoms with van der Waals surface area (Å²) in [4.78, 5) is 19.9. The monoisotopic (exact) mass is 291 g/mol. The average Bonchev–Trinajstić information content (AvgIpc) is 2.53. The first-order chi connectivity index (χ1) is 10.6. The van der Waals surface area contributed by atoms with Gasteiger partial charge in [-0.1, -0.05) is 12.6 Å². The summed E-state index contributed by atoms with van der Waals surface area (Å²) in [5.74, 6) is -0.989. The third-order valence-electron chi connectivity index (χ3n) is 3.44. The maximum Gasteiger partial charge on any atom is 0.335 e. The lowest BCUT2D eigenvalue weighted by Gasteiger charge is -2.10. The molecule has 108 valence electrons. The van der Waals surface area contributed by atoms with Crippen molar-refractivity contribution in [2.24, 2.45) is 5.73 Å². The van der Waals surface area contributed by atoms with Crippen LogP contribution in [0.1, 0.15) is 16.1 Å². The van der Waals surface area contributed by atoms with Gasteiger partial charge in [0.15, 0.2) is 0 Å². The molecule has 2 aromatic heterocycles. The molecule has 0 aliphatic heterocycles. The van der Waals surface area contributed by atoms with Crippen LogP contribution < -0.4 is 5.73 Å². The lowest BCUT2D eigenvalue weighted by molar-refractivity contribution is 0.0697. The van der Waals surface area contributed by atoms with E-state index in [2.05, 4.69) is 16.5 Å². The van der Waals surface area contributed by atoms with Crippen LogP contribution in [-0.4, -0.2) is 21.0 Å². The second kappa shape index (κ2) is 5.29. The minimum absolute atomic E-state index is 0.189. The molecule has 0 radical (unpaired) electrons. The number of carbonyl (C=O) groups is 1. The van der Waals surface area contributed by atoms with Gasteiger partial charge in [-0.2, -0.15) is 0 Å². The Morgan fingerprint density at radius 3 is 2.77 bits per heavy atom. The second-order valence-electron chi connectivity index (χ2n) is 4.80. The topological polar surface area (TPSA) is 89.1 Å². The van der Waals surface area contributed by atoms with Crippen LogP contribution in [0.15, 0.2) is 55.5 Å². The Morgan fingerprint density at radius 1 is 1.23 bits per heavy atom. The van der Waals surface area contributed by atoms with Crippen LogP contribution >= 0.6 is 0 Å². The summed E-state index contributed by atoms with van der Waals surface area (Å²) in [7, 11) is 0. The Bertz CT molecular complexity index is 945. The van der Waals surface area contributed by atoms with Crippen molar-refractivity contribution in [3.05, 3.63) is 66.8 Å². The van der Waals surface area contributed by atoms with Crippen molar-refractivity contribution >= 4 is 33.2 Å². The summed E-state index contributed by atoms with van der Waals surface area (Å²) < 4.78 is 0. The number of nitrogens with two attached hydrogens (primary N) is 1. The van der Waals surface area contributed by atoms with Crippen LogP contribution in [0.5, 0.6) is 0 Å². The second-order valence-corrected chi connectivity index (χ2v) is 4.80. The predicted octanol–water partition coefficient (Wildman–Crippen LogP) is 2.97. The molecular weight excluding hydrogens is 278 g/mol.